The molecule has 0 fully saturated rings. The van der Waals surface area contributed by atoms with Gasteiger partial charge in [0.25, 0.3) is 0 Å². The minimum atomic E-state index is -3.43. The summed E-state index contributed by atoms with van der Waals surface area (Å²) in [4.78, 5) is 6.12. The van der Waals surface area contributed by atoms with Crippen molar-refractivity contribution in [3.8, 4) is 16.5 Å². The molecule has 0 aliphatic heterocycles. The van der Waals surface area contributed by atoms with Gasteiger partial charge in [-0.15, -0.1) is 23.1 Å². The van der Waals surface area contributed by atoms with E-state index in [2.05, 4.69) is 6.07 Å². The largest absolute Gasteiger partial charge is 0.245 e. The number of nitrogens with zero attached hydrogens (tertiary/aromatic N) is 2. The zero-order valence-corrected chi connectivity index (χ0v) is 19.3. The summed E-state index contributed by atoms with van der Waals surface area (Å²) >= 11 is 8.82. The van der Waals surface area contributed by atoms with E-state index in [0.29, 0.717) is 21.4 Å². The van der Waals surface area contributed by atoms with Crippen LogP contribution in [0.4, 0.5) is 0 Å². The molecule has 1 aliphatic rings. The number of thioether (sulfide) groups is 1. The van der Waals surface area contributed by atoms with Gasteiger partial charge in [0.1, 0.15) is 11.1 Å². The van der Waals surface area contributed by atoms with Crippen molar-refractivity contribution in [2.45, 2.75) is 35.6 Å². The number of hydrogen-bond acceptors (Lipinski definition) is 6. The number of sulfone groups is 1. The van der Waals surface area contributed by atoms with Crippen LogP contribution in [0.25, 0.3) is 10.4 Å². The summed E-state index contributed by atoms with van der Waals surface area (Å²) in [5.74, 6) is 0.298. The van der Waals surface area contributed by atoms with Gasteiger partial charge in [-0.25, -0.2) is 13.4 Å². The van der Waals surface area contributed by atoms with Crippen molar-refractivity contribution >= 4 is 44.5 Å². The number of aryl methyl sites for hydroxylation is 1. The molecule has 4 rings (SSSR count). The first-order valence-electron chi connectivity index (χ1n) is 9.60. The van der Waals surface area contributed by atoms with Crippen LogP contribution in [0.2, 0.25) is 5.02 Å². The van der Waals surface area contributed by atoms with Gasteiger partial charge in [0.15, 0.2) is 9.84 Å². The Hall–Kier alpha value is -1.85. The van der Waals surface area contributed by atoms with Crippen LogP contribution >= 0.6 is 34.7 Å². The van der Waals surface area contributed by atoms with Gasteiger partial charge in [0, 0.05) is 26.9 Å². The van der Waals surface area contributed by atoms with Crippen LogP contribution in [0.5, 0.6) is 0 Å². The third kappa shape index (κ3) is 4.42. The van der Waals surface area contributed by atoms with Crippen LogP contribution in [-0.2, 0) is 22.7 Å². The average Bonchev–Trinajstić information content (AvgIpc) is 3.27. The van der Waals surface area contributed by atoms with Gasteiger partial charge in [-0.1, -0.05) is 17.7 Å². The van der Waals surface area contributed by atoms with Gasteiger partial charge in [-0.3, -0.25) is 0 Å². The molecule has 8 heteroatoms. The Kier molecular flexibility index (Phi) is 6.49. The van der Waals surface area contributed by atoms with Crippen molar-refractivity contribution < 1.29 is 8.42 Å². The summed E-state index contributed by atoms with van der Waals surface area (Å²) < 4.78 is 25.3. The molecule has 0 amide bonds. The number of thiophene rings is 1. The van der Waals surface area contributed by atoms with Crippen molar-refractivity contribution in [1.82, 2.24) is 4.98 Å². The molecule has 2 heterocycles. The highest BCUT2D eigenvalue weighted by molar-refractivity contribution is 8.00. The van der Waals surface area contributed by atoms with Crippen LogP contribution in [-0.4, -0.2) is 24.9 Å². The Balaban J connectivity index is 1.62. The van der Waals surface area contributed by atoms with E-state index in [1.165, 1.54) is 29.5 Å². The molecule has 154 valence electrons. The fraction of sp³-hybridized carbons (Fsp3) is 0.273. The monoisotopic (exact) mass is 474 g/mol. The molecule has 0 saturated carbocycles. The second-order valence-corrected chi connectivity index (χ2v) is 11.6. The minimum Gasteiger partial charge on any atom is -0.245 e. The zero-order valence-electron chi connectivity index (χ0n) is 16.1. The molecule has 2 aromatic heterocycles. The fourth-order valence-corrected chi connectivity index (χ4v) is 7.21. The van der Waals surface area contributed by atoms with Gasteiger partial charge in [0.2, 0.25) is 0 Å². The van der Waals surface area contributed by atoms with Crippen LogP contribution in [0.3, 0.4) is 0 Å². The smallest absolute Gasteiger partial charge is 0.179 e. The van der Waals surface area contributed by atoms with Crippen molar-refractivity contribution in [1.29, 1.82) is 5.26 Å². The molecule has 1 aliphatic carbocycles. The molecule has 3 aromatic rings. The van der Waals surface area contributed by atoms with E-state index in [0.717, 1.165) is 41.8 Å². The van der Waals surface area contributed by atoms with Crippen molar-refractivity contribution in [3.63, 3.8) is 0 Å². The first-order valence-corrected chi connectivity index (χ1v) is 13.5. The Morgan fingerprint density at radius 3 is 2.63 bits per heavy atom. The van der Waals surface area contributed by atoms with Crippen LogP contribution < -0.4 is 0 Å². The highest BCUT2D eigenvalue weighted by Gasteiger charge is 2.24. The standard InChI is InChI=1S/C22H19ClN2O2S3/c23-15-7-9-16(10-8-15)30(26,27)13-12-29-22-18(14-24)21(20-6-3-11-28-20)17-4-1-2-5-19(17)25-22/h3,6-11H,1-2,4-5,12-13H2. The number of benzene rings is 1. The highest BCUT2D eigenvalue weighted by atomic mass is 35.5. The van der Waals surface area contributed by atoms with Gasteiger partial charge in [-0.05, 0) is 67.0 Å². The lowest BCUT2D eigenvalue weighted by Gasteiger charge is -2.21. The number of fused-ring (bicyclic) bond motifs is 1. The summed E-state index contributed by atoms with van der Waals surface area (Å²) in [6, 6.07) is 12.6. The zero-order chi connectivity index (χ0) is 21.1. The number of hydrogen-bond donors (Lipinski definition) is 0. The molecule has 0 radical (unpaired) electrons. The molecular formula is C22H19ClN2O2S3. The van der Waals surface area contributed by atoms with Crippen molar-refractivity contribution in [3.05, 3.63) is 63.6 Å². The van der Waals surface area contributed by atoms with E-state index in [-0.39, 0.29) is 10.6 Å². The number of halogens is 1. The quantitative estimate of drug-likeness (QED) is 0.423. The highest BCUT2D eigenvalue weighted by Crippen LogP contribution is 2.39. The molecule has 0 unspecified atom stereocenters. The summed E-state index contributed by atoms with van der Waals surface area (Å²) in [5.41, 5.74) is 3.78. The van der Waals surface area contributed by atoms with Gasteiger partial charge in [-0.2, -0.15) is 5.26 Å². The molecule has 4 nitrogen and oxygen atoms in total. The molecule has 30 heavy (non-hydrogen) atoms. The van der Waals surface area contributed by atoms with E-state index in [9.17, 15) is 13.7 Å². The van der Waals surface area contributed by atoms with E-state index < -0.39 is 9.84 Å². The first-order chi connectivity index (χ1) is 14.5. The minimum absolute atomic E-state index is 0.0305. The molecular weight excluding hydrogens is 456 g/mol. The van der Waals surface area contributed by atoms with Gasteiger partial charge >= 0.3 is 0 Å². The third-order valence-electron chi connectivity index (χ3n) is 5.08. The summed E-state index contributed by atoms with van der Waals surface area (Å²) in [7, 11) is -3.43. The number of nitriles is 1. The second-order valence-electron chi connectivity index (χ2n) is 7.01. The number of rotatable bonds is 6. The maximum Gasteiger partial charge on any atom is 0.179 e. The Bertz CT molecular complexity index is 1200. The maximum atomic E-state index is 12.6. The molecule has 1 aromatic carbocycles. The predicted molar refractivity (Wildman–Crippen MR) is 123 cm³/mol. The number of aromatic nitrogens is 1. The fourth-order valence-electron chi connectivity index (χ4n) is 3.63. The van der Waals surface area contributed by atoms with Gasteiger partial charge in [0.05, 0.1) is 16.2 Å². The molecule has 0 N–H and O–H groups in total. The number of pyridine rings is 1. The molecule has 0 spiro atoms. The normalized spacial score (nSPS) is 13.6. The Morgan fingerprint density at radius 2 is 1.93 bits per heavy atom. The van der Waals surface area contributed by atoms with Crippen LogP contribution in [0, 0.1) is 11.3 Å². The van der Waals surface area contributed by atoms with Gasteiger partial charge < -0.3 is 0 Å². The van der Waals surface area contributed by atoms with E-state index in [4.69, 9.17) is 16.6 Å². The van der Waals surface area contributed by atoms with E-state index in [1.54, 1.807) is 23.5 Å². The topological polar surface area (TPSA) is 70.8 Å². The lowest BCUT2D eigenvalue weighted by atomic mass is 9.89. The lowest BCUT2D eigenvalue weighted by Crippen LogP contribution is -2.12. The molecule has 0 bridgehead atoms. The third-order valence-corrected chi connectivity index (χ3v) is 9.19. The van der Waals surface area contributed by atoms with E-state index >= 15 is 0 Å². The summed E-state index contributed by atoms with van der Waals surface area (Å²) in [5, 5.41) is 13.1. The second kappa shape index (κ2) is 9.11. The predicted octanol–water partition coefficient (Wildman–Crippen LogP) is 5.78. The first kappa shape index (κ1) is 21.4. The molecule has 0 saturated heterocycles. The lowest BCUT2D eigenvalue weighted by molar-refractivity contribution is 0.597. The Morgan fingerprint density at radius 1 is 1.17 bits per heavy atom. The van der Waals surface area contributed by atoms with Crippen LogP contribution in [0.15, 0.2) is 51.7 Å². The Labute approximate surface area is 189 Å². The van der Waals surface area contributed by atoms with E-state index in [1.807, 2.05) is 17.5 Å². The maximum absolute atomic E-state index is 12.6. The van der Waals surface area contributed by atoms with Crippen molar-refractivity contribution in [2.75, 3.05) is 11.5 Å². The average molecular weight is 475 g/mol. The molecule has 0 atom stereocenters. The SMILES string of the molecule is N#Cc1c(SCCS(=O)(=O)c2ccc(Cl)cc2)nc2c(c1-c1cccs1)CCCC2. The van der Waals surface area contributed by atoms with Crippen LogP contribution in [0.1, 0.15) is 29.7 Å². The van der Waals surface area contributed by atoms with Crippen molar-refractivity contribution in [2.24, 2.45) is 0 Å². The summed E-state index contributed by atoms with van der Waals surface area (Å²) in [6.45, 7) is 0. The summed E-state index contributed by atoms with van der Waals surface area (Å²) in [6.07, 6.45) is 4.02.